The minimum absolute atomic E-state index is 0.0451. The Balaban J connectivity index is 1.44. The van der Waals surface area contributed by atoms with Gasteiger partial charge >= 0.3 is 0 Å². The number of hydrogen-bond donors (Lipinski definition) is 1. The Kier molecular flexibility index (Phi) is 6.61. The van der Waals surface area contributed by atoms with Crippen LogP contribution in [-0.4, -0.2) is 16.6 Å². The molecule has 0 bridgehead atoms. The molecule has 0 aliphatic heterocycles. The van der Waals surface area contributed by atoms with Gasteiger partial charge in [0.1, 0.15) is 6.26 Å². The minimum Gasteiger partial charge on any atom is -0.444 e. The number of carbonyl (C=O) groups excluding carboxylic acids is 1. The highest BCUT2D eigenvalue weighted by atomic mass is 35.5. The Labute approximate surface area is 165 Å². The van der Waals surface area contributed by atoms with Crippen molar-refractivity contribution in [3.63, 3.8) is 0 Å². The first kappa shape index (κ1) is 18.8. The van der Waals surface area contributed by atoms with Crippen molar-refractivity contribution in [3.05, 3.63) is 76.1 Å². The van der Waals surface area contributed by atoms with Gasteiger partial charge in [0.2, 0.25) is 11.8 Å². The van der Waals surface area contributed by atoms with Crippen LogP contribution in [0.15, 0.2) is 59.2 Å². The number of halogens is 2. The molecule has 4 nitrogen and oxygen atoms in total. The van der Waals surface area contributed by atoms with Crippen molar-refractivity contribution in [1.29, 1.82) is 0 Å². The lowest BCUT2D eigenvalue weighted by molar-refractivity contribution is -0.118. The number of nitrogens with one attached hydrogen (secondary N) is 1. The fourth-order valence-corrected chi connectivity index (χ4v) is 3.29. The average Bonchev–Trinajstić information content (AvgIpc) is 3.10. The molecule has 7 heteroatoms. The molecule has 134 valence electrons. The third-order valence-electron chi connectivity index (χ3n) is 3.56. The van der Waals surface area contributed by atoms with Gasteiger partial charge in [-0.25, -0.2) is 4.98 Å². The molecule has 0 radical (unpaired) electrons. The maximum Gasteiger partial charge on any atom is 0.230 e. The molecule has 0 saturated carbocycles. The Bertz CT molecular complexity index is 881. The predicted molar refractivity (Wildman–Crippen MR) is 106 cm³/mol. The van der Waals surface area contributed by atoms with Gasteiger partial charge in [-0.2, -0.15) is 0 Å². The predicted octanol–water partition coefficient (Wildman–Crippen LogP) is 5.20. The Morgan fingerprint density at radius 2 is 1.88 bits per heavy atom. The van der Waals surface area contributed by atoms with E-state index in [-0.39, 0.29) is 5.91 Å². The molecule has 0 aliphatic rings. The Morgan fingerprint density at radius 1 is 1.12 bits per heavy atom. The van der Waals surface area contributed by atoms with E-state index in [0.717, 1.165) is 16.8 Å². The molecule has 1 amide bonds. The third kappa shape index (κ3) is 5.27. The molecule has 1 heterocycles. The molecule has 0 atom stereocenters. The number of oxazole rings is 1. The molecule has 1 aromatic heterocycles. The van der Waals surface area contributed by atoms with Crippen LogP contribution < -0.4 is 5.32 Å². The van der Waals surface area contributed by atoms with Crippen LogP contribution in [0.25, 0.3) is 11.5 Å². The molecule has 3 aromatic rings. The van der Waals surface area contributed by atoms with E-state index in [1.54, 1.807) is 24.5 Å². The van der Waals surface area contributed by atoms with Gasteiger partial charge in [0, 0.05) is 27.9 Å². The summed E-state index contributed by atoms with van der Waals surface area (Å²) in [6, 6.07) is 14.7. The zero-order chi connectivity index (χ0) is 18.4. The summed E-state index contributed by atoms with van der Waals surface area (Å²) in [6.45, 7) is 0.420. The van der Waals surface area contributed by atoms with Crippen LogP contribution in [0, 0.1) is 0 Å². The number of amides is 1. The van der Waals surface area contributed by atoms with E-state index >= 15 is 0 Å². The minimum atomic E-state index is -0.0451. The highest BCUT2D eigenvalue weighted by Gasteiger charge is 2.08. The smallest absolute Gasteiger partial charge is 0.230 e. The van der Waals surface area contributed by atoms with E-state index in [9.17, 15) is 4.79 Å². The molecule has 2 aromatic carbocycles. The van der Waals surface area contributed by atoms with Crippen molar-refractivity contribution in [2.75, 3.05) is 5.75 Å². The molecule has 0 spiro atoms. The van der Waals surface area contributed by atoms with Crippen LogP contribution in [0.4, 0.5) is 0 Å². The summed E-state index contributed by atoms with van der Waals surface area (Å²) in [5.41, 5.74) is 2.55. The molecule has 1 N–H and O–H groups in total. The molecular weight excluding hydrogens is 391 g/mol. The number of rotatable bonds is 7. The van der Waals surface area contributed by atoms with Crippen LogP contribution in [0.5, 0.6) is 0 Å². The van der Waals surface area contributed by atoms with Crippen LogP contribution >= 0.6 is 35.0 Å². The zero-order valence-electron chi connectivity index (χ0n) is 13.7. The Hall–Kier alpha value is -1.95. The number of nitrogens with zero attached hydrogens (tertiary/aromatic N) is 1. The number of carbonyl (C=O) groups is 1. The average molecular weight is 407 g/mol. The van der Waals surface area contributed by atoms with E-state index in [1.807, 2.05) is 30.3 Å². The lowest BCUT2D eigenvalue weighted by atomic mass is 10.2. The zero-order valence-corrected chi connectivity index (χ0v) is 16.1. The van der Waals surface area contributed by atoms with E-state index < -0.39 is 0 Å². The van der Waals surface area contributed by atoms with Crippen molar-refractivity contribution in [2.45, 2.75) is 12.3 Å². The second-order valence-electron chi connectivity index (χ2n) is 5.51. The van der Waals surface area contributed by atoms with Crippen molar-refractivity contribution >= 4 is 40.9 Å². The van der Waals surface area contributed by atoms with E-state index in [2.05, 4.69) is 10.3 Å². The first-order valence-corrected chi connectivity index (χ1v) is 9.81. The maximum atomic E-state index is 11.9. The number of thioether (sulfide) groups is 1. The molecule has 0 saturated heterocycles. The summed E-state index contributed by atoms with van der Waals surface area (Å²) in [4.78, 5) is 16.4. The second kappa shape index (κ2) is 9.12. The maximum absolute atomic E-state index is 11.9. The summed E-state index contributed by atoms with van der Waals surface area (Å²) in [5.74, 6) is 1.43. The van der Waals surface area contributed by atoms with E-state index in [0.29, 0.717) is 34.0 Å². The van der Waals surface area contributed by atoms with E-state index in [1.165, 1.54) is 11.8 Å². The molecule has 0 aliphatic carbocycles. The lowest BCUT2D eigenvalue weighted by Crippen LogP contribution is -2.24. The fourth-order valence-electron chi connectivity index (χ4n) is 2.23. The van der Waals surface area contributed by atoms with Gasteiger partial charge in [-0.15, -0.1) is 11.8 Å². The molecular formula is C19H16Cl2N2O2S. The van der Waals surface area contributed by atoms with Gasteiger partial charge in [-0.3, -0.25) is 4.79 Å². The van der Waals surface area contributed by atoms with Crippen molar-refractivity contribution in [2.24, 2.45) is 0 Å². The first-order valence-electron chi connectivity index (χ1n) is 7.90. The Morgan fingerprint density at radius 3 is 2.65 bits per heavy atom. The third-order valence-corrected chi connectivity index (χ3v) is 5.15. The van der Waals surface area contributed by atoms with Gasteiger partial charge in [-0.1, -0.05) is 41.4 Å². The highest BCUT2D eigenvalue weighted by molar-refractivity contribution is 7.99. The topological polar surface area (TPSA) is 55.1 Å². The van der Waals surface area contributed by atoms with Crippen molar-refractivity contribution in [1.82, 2.24) is 10.3 Å². The number of benzene rings is 2. The summed E-state index contributed by atoms with van der Waals surface area (Å²) < 4.78 is 5.48. The summed E-state index contributed by atoms with van der Waals surface area (Å²) in [6.07, 6.45) is 1.61. The molecule has 0 fully saturated rings. The van der Waals surface area contributed by atoms with Crippen molar-refractivity contribution < 1.29 is 9.21 Å². The number of hydrogen-bond acceptors (Lipinski definition) is 4. The first-order chi connectivity index (χ1) is 12.6. The van der Waals surface area contributed by atoms with E-state index in [4.69, 9.17) is 27.6 Å². The summed E-state index contributed by atoms with van der Waals surface area (Å²) in [7, 11) is 0. The molecule has 0 unspecified atom stereocenters. The lowest BCUT2D eigenvalue weighted by Gasteiger charge is -2.06. The SMILES string of the molecule is O=C(CSCc1coc(-c2ccc(Cl)cc2)n1)NCc1ccccc1Cl. The van der Waals surface area contributed by atoms with Crippen LogP contribution in [-0.2, 0) is 17.1 Å². The van der Waals surface area contributed by atoms with Crippen LogP contribution in [0.2, 0.25) is 10.0 Å². The molecule has 26 heavy (non-hydrogen) atoms. The van der Waals surface area contributed by atoms with Gasteiger partial charge in [-0.05, 0) is 35.9 Å². The number of aromatic nitrogens is 1. The normalized spacial score (nSPS) is 10.7. The van der Waals surface area contributed by atoms with Crippen LogP contribution in [0.1, 0.15) is 11.3 Å². The fraction of sp³-hybridized carbons (Fsp3) is 0.158. The summed E-state index contributed by atoms with van der Waals surface area (Å²) >= 11 is 13.4. The molecule has 3 rings (SSSR count). The quantitative estimate of drug-likeness (QED) is 0.585. The van der Waals surface area contributed by atoms with Crippen LogP contribution in [0.3, 0.4) is 0 Å². The largest absolute Gasteiger partial charge is 0.444 e. The van der Waals surface area contributed by atoms with Gasteiger partial charge < -0.3 is 9.73 Å². The van der Waals surface area contributed by atoms with Crippen molar-refractivity contribution in [3.8, 4) is 11.5 Å². The van der Waals surface area contributed by atoms with Gasteiger partial charge in [0.05, 0.1) is 11.4 Å². The van der Waals surface area contributed by atoms with Gasteiger partial charge in [0.25, 0.3) is 0 Å². The van der Waals surface area contributed by atoms with Gasteiger partial charge in [0.15, 0.2) is 0 Å². The highest BCUT2D eigenvalue weighted by Crippen LogP contribution is 2.22. The standard InChI is InChI=1S/C19H16Cl2N2O2S/c20-15-7-5-13(6-8-15)19-23-16(10-25-19)11-26-12-18(24)22-9-14-3-1-2-4-17(14)21/h1-8,10H,9,11-12H2,(H,22,24). The monoisotopic (exact) mass is 406 g/mol. The second-order valence-corrected chi connectivity index (χ2v) is 7.34. The summed E-state index contributed by atoms with van der Waals surface area (Å²) in [5, 5.41) is 4.18.